The van der Waals surface area contributed by atoms with Crippen molar-refractivity contribution in [2.75, 3.05) is 11.9 Å². The first kappa shape index (κ1) is 15.6. The molecule has 0 unspecified atom stereocenters. The predicted octanol–water partition coefficient (Wildman–Crippen LogP) is 3.67. The van der Waals surface area contributed by atoms with E-state index in [0.29, 0.717) is 18.0 Å². The topological polar surface area (TPSA) is 50.1 Å². The molecule has 0 aliphatic rings. The summed E-state index contributed by atoms with van der Waals surface area (Å²) in [6, 6.07) is 15.7. The van der Waals surface area contributed by atoms with Gasteiger partial charge in [-0.2, -0.15) is 5.10 Å². The van der Waals surface area contributed by atoms with Gasteiger partial charge < -0.3 is 10.4 Å². The van der Waals surface area contributed by atoms with E-state index >= 15 is 0 Å². The van der Waals surface area contributed by atoms with Crippen molar-refractivity contribution in [1.82, 2.24) is 9.78 Å². The number of aromatic nitrogens is 2. The molecule has 23 heavy (non-hydrogen) atoms. The highest BCUT2D eigenvalue weighted by Gasteiger charge is 2.02. The molecule has 4 nitrogen and oxygen atoms in total. The number of halogens is 1. The van der Waals surface area contributed by atoms with Gasteiger partial charge in [0.2, 0.25) is 0 Å². The third-order valence-corrected chi connectivity index (χ3v) is 3.83. The molecule has 118 valence electrons. The average Bonchev–Trinajstić information content (AvgIpc) is 3.04. The number of aliphatic hydroxyl groups excluding tert-OH is 1. The quantitative estimate of drug-likeness (QED) is 0.726. The van der Waals surface area contributed by atoms with Crippen molar-refractivity contribution in [3.63, 3.8) is 0 Å². The largest absolute Gasteiger partial charge is 0.396 e. The van der Waals surface area contributed by atoms with Gasteiger partial charge in [0.1, 0.15) is 0 Å². The second kappa shape index (κ2) is 7.31. The Labute approximate surface area is 140 Å². The van der Waals surface area contributed by atoms with Gasteiger partial charge in [-0.3, -0.25) is 0 Å². The summed E-state index contributed by atoms with van der Waals surface area (Å²) in [4.78, 5) is 0. The van der Waals surface area contributed by atoms with Crippen LogP contribution >= 0.6 is 11.6 Å². The number of anilines is 1. The molecule has 5 heteroatoms. The van der Waals surface area contributed by atoms with Crippen LogP contribution in [0.3, 0.4) is 0 Å². The van der Waals surface area contributed by atoms with Crippen LogP contribution in [0.1, 0.15) is 11.1 Å². The summed E-state index contributed by atoms with van der Waals surface area (Å²) in [5.41, 5.74) is 4.26. The Bertz CT molecular complexity index is 751. The van der Waals surface area contributed by atoms with Crippen LogP contribution in [0.5, 0.6) is 0 Å². The van der Waals surface area contributed by atoms with E-state index in [2.05, 4.69) is 10.4 Å². The lowest BCUT2D eigenvalue weighted by atomic mass is 10.1. The van der Waals surface area contributed by atoms with E-state index in [4.69, 9.17) is 16.7 Å². The standard InChI is InChI=1S/C18H18ClN3O/c19-16-3-7-18(8-4-16)22-13-15(12-21-22)11-20-17-5-1-14(2-6-17)9-10-23/h1-8,12-13,20,23H,9-11H2. The van der Waals surface area contributed by atoms with Gasteiger partial charge >= 0.3 is 0 Å². The van der Waals surface area contributed by atoms with Crippen molar-refractivity contribution in [3.05, 3.63) is 77.1 Å². The van der Waals surface area contributed by atoms with Gasteiger partial charge in [0.05, 0.1) is 11.9 Å². The summed E-state index contributed by atoms with van der Waals surface area (Å²) in [5.74, 6) is 0. The Balaban J connectivity index is 1.61. The maximum atomic E-state index is 8.92. The molecule has 0 fully saturated rings. The molecule has 0 atom stereocenters. The second-order valence-electron chi connectivity index (χ2n) is 5.29. The Kier molecular flexibility index (Phi) is 4.95. The van der Waals surface area contributed by atoms with Crippen molar-refractivity contribution >= 4 is 17.3 Å². The first-order chi connectivity index (χ1) is 11.2. The first-order valence-corrected chi connectivity index (χ1v) is 7.85. The minimum absolute atomic E-state index is 0.177. The van der Waals surface area contributed by atoms with Gasteiger partial charge in [0, 0.05) is 35.6 Å². The summed E-state index contributed by atoms with van der Waals surface area (Å²) < 4.78 is 1.83. The molecule has 0 saturated carbocycles. The summed E-state index contributed by atoms with van der Waals surface area (Å²) in [6.45, 7) is 0.879. The van der Waals surface area contributed by atoms with Crippen molar-refractivity contribution in [2.24, 2.45) is 0 Å². The van der Waals surface area contributed by atoms with Crippen LogP contribution < -0.4 is 5.32 Å². The predicted molar refractivity (Wildman–Crippen MR) is 93.1 cm³/mol. The van der Waals surface area contributed by atoms with Crippen LogP contribution in [0.25, 0.3) is 5.69 Å². The average molecular weight is 328 g/mol. The van der Waals surface area contributed by atoms with E-state index in [0.717, 1.165) is 22.5 Å². The van der Waals surface area contributed by atoms with E-state index in [-0.39, 0.29) is 6.61 Å². The molecule has 0 bridgehead atoms. The Morgan fingerprint density at radius 2 is 1.74 bits per heavy atom. The molecular formula is C18H18ClN3O. The fourth-order valence-electron chi connectivity index (χ4n) is 2.31. The van der Waals surface area contributed by atoms with Gasteiger partial charge in [0.25, 0.3) is 0 Å². The van der Waals surface area contributed by atoms with Crippen LogP contribution in [-0.4, -0.2) is 21.5 Å². The second-order valence-corrected chi connectivity index (χ2v) is 5.73. The SMILES string of the molecule is OCCc1ccc(NCc2cnn(-c3ccc(Cl)cc3)c2)cc1. The van der Waals surface area contributed by atoms with E-state index in [1.54, 1.807) is 0 Å². The summed E-state index contributed by atoms with van der Waals surface area (Å²) in [5, 5.41) is 17.4. The van der Waals surface area contributed by atoms with Crippen molar-refractivity contribution in [2.45, 2.75) is 13.0 Å². The molecule has 0 amide bonds. The van der Waals surface area contributed by atoms with Crippen LogP contribution in [-0.2, 0) is 13.0 Å². The lowest BCUT2D eigenvalue weighted by molar-refractivity contribution is 0.299. The zero-order valence-corrected chi connectivity index (χ0v) is 13.4. The van der Waals surface area contributed by atoms with Gasteiger partial charge in [-0.15, -0.1) is 0 Å². The molecule has 0 saturated heterocycles. The zero-order chi connectivity index (χ0) is 16.1. The highest BCUT2D eigenvalue weighted by atomic mass is 35.5. The molecule has 2 aromatic carbocycles. The minimum Gasteiger partial charge on any atom is -0.396 e. The van der Waals surface area contributed by atoms with Crippen LogP contribution in [0.15, 0.2) is 60.9 Å². The maximum Gasteiger partial charge on any atom is 0.0646 e. The zero-order valence-electron chi connectivity index (χ0n) is 12.6. The normalized spacial score (nSPS) is 10.7. The number of nitrogens with zero attached hydrogens (tertiary/aromatic N) is 2. The number of rotatable bonds is 6. The molecule has 3 aromatic rings. The van der Waals surface area contributed by atoms with Crippen molar-refractivity contribution in [3.8, 4) is 5.69 Å². The third-order valence-electron chi connectivity index (χ3n) is 3.58. The number of nitrogens with one attached hydrogen (secondary N) is 1. The molecule has 0 radical (unpaired) electrons. The van der Waals surface area contributed by atoms with Gasteiger partial charge in [-0.05, 0) is 48.4 Å². The lowest BCUT2D eigenvalue weighted by Gasteiger charge is -2.06. The molecule has 1 heterocycles. The Morgan fingerprint density at radius 1 is 1.00 bits per heavy atom. The van der Waals surface area contributed by atoms with Crippen molar-refractivity contribution < 1.29 is 5.11 Å². The third kappa shape index (κ3) is 4.12. The van der Waals surface area contributed by atoms with Gasteiger partial charge in [-0.25, -0.2) is 4.68 Å². The van der Waals surface area contributed by atoms with E-state index in [1.807, 2.05) is 65.6 Å². The Hall–Kier alpha value is -2.30. The summed E-state index contributed by atoms with van der Waals surface area (Å²) in [6.07, 6.45) is 4.53. The molecule has 0 aliphatic carbocycles. The number of benzene rings is 2. The molecule has 2 N–H and O–H groups in total. The minimum atomic E-state index is 0.177. The monoisotopic (exact) mass is 327 g/mol. The molecule has 0 spiro atoms. The first-order valence-electron chi connectivity index (χ1n) is 7.48. The number of hydrogen-bond donors (Lipinski definition) is 2. The number of hydrogen-bond acceptors (Lipinski definition) is 3. The fraction of sp³-hybridized carbons (Fsp3) is 0.167. The van der Waals surface area contributed by atoms with Gasteiger partial charge in [-0.1, -0.05) is 23.7 Å². The van der Waals surface area contributed by atoms with Crippen molar-refractivity contribution in [1.29, 1.82) is 0 Å². The van der Waals surface area contributed by atoms with Crippen LogP contribution in [0.4, 0.5) is 5.69 Å². The van der Waals surface area contributed by atoms with Crippen LogP contribution in [0.2, 0.25) is 5.02 Å². The van der Waals surface area contributed by atoms with Crippen LogP contribution in [0, 0.1) is 0 Å². The fourth-order valence-corrected chi connectivity index (χ4v) is 2.43. The highest BCUT2D eigenvalue weighted by Crippen LogP contribution is 2.15. The summed E-state index contributed by atoms with van der Waals surface area (Å²) in [7, 11) is 0. The molecule has 0 aliphatic heterocycles. The van der Waals surface area contributed by atoms with E-state index in [9.17, 15) is 0 Å². The highest BCUT2D eigenvalue weighted by molar-refractivity contribution is 6.30. The smallest absolute Gasteiger partial charge is 0.0646 e. The molecule has 1 aromatic heterocycles. The summed E-state index contributed by atoms with van der Waals surface area (Å²) >= 11 is 5.90. The maximum absolute atomic E-state index is 8.92. The van der Waals surface area contributed by atoms with E-state index < -0.39 is 0 Å². The lowest BCUT2D eigenvalue weighted by Crippen LogP contribution is -1.99. The van der Waals surface area contributed by atoms with E-state index in [1.165, 1.54) is 0 Å². The number of aliphatic hydroxyl groups is 1. The molecule has 3 rings (SSSR count). The Morgan fingerprint density at radius 3 is 2.43 bits per heavy atom. The molecular weight excluding hydrogens is 310 g/mol. The van der Waals surface area contributed by atoms with Gasteiger partial charge in [0.15, 0.2) is 0 Å².